The molecular weight excluding hydrogens is 232 g/mol. The number of rotatable bonds is 9. The van der Waals surface area contributed by atoms with Gasteiger partial charge < -0.3 is 19.8 Å². The fourth-order valence-corrected chi connectivity index (χ4v) is 1.65. The third-order valence-electron chi connectivity index (χ3n) is 2.78. The Morgan fingerprint density at radius 3 is 2.72 bits per heavy atom. The molecule has 2 N–H and O–H groups in total. The number of nitrogens with one attached hydrogen (secondary N) is 2. The maximum absolute atomic E-state index is 5.51. The molecule has 1 aromatic rings. The van der Waals surface area contributed by atoms with Crippen LogP contribution in [0.1, 0.15) is 33.1 Å². The molecule has 6 heteroatoms. The van der Waals surface area contributed by atoms with E-state index in [9.17, 15) is 0 Å². The van der Waals surface area contributed by atoms with Gasteiger partial charge >= 0.3 is 6.01 Å². The van der Waals surface area contributed by atoms with Gasteiger partial charge in [0.05, 0.1) is 13.2 Å². The summed E-state index contributed by atoms with van der Waals surface area (Å²) in [5.41, 5.74) is 0. The van der Waals surface area contributed by atoms with E-state index in [0.717, 1.165) is 13.0 Å². The minimum absolute atomic E-state index is 0.361. The lowest BCUT2D eigenvalue weighted by Crippen LogP contribution is -2.24. The predicted octanol–water partition coefficient (Wildman–Crippen LogP) is 1.65. The minimum Gasteiger partial charge on any atom is -0.407 e. The number of methoxy groups -OCH3 is 1. The Balaban J connectivity index is 2.38. The van der Waals surface area contributed by atoms with Gasteiger partial charge in [-0.1, -0.05) is 25.9 Å². The monoisotopic (exact) mass is 256 g/mol. The highest BCUT2D eigenvalue weighted by Crippen LogP contribution is 2.13. The Kier molecular flexibility index (Phi) is 6.67. The molecule has 1 unspecified atom stereocenters. The molecule has 1 heterocycles. The van der Waals surface area contributed by atoms with Crippen molar-refractivity contribution in [3.63, 3.8) is 0 Å². The molecule has 1 atom stereocenters. The van der Waals surface area contributed by atoms with Crippen LogP contribution in [-0.4, -0.2) is 36.5 Å². The fourth-order valence-electron chi connectivity index (χ4n) is 1.65. The van der Waals surface area contributed by atoms with Crippen LogP contribution in [0.2, 0.25) is 0 Å². The van der Waals surface area contributed by atoms with Crippen molar-refractivity contribution in [2.24, 2.45) is 5.92 Å². The van der Waals surface area contributed by atoms with E-state index in [2.05, 4.69) is 41.6 Å². The molecule has 0 aliphatic carbocycles. The summed E-state index contributed by atoms with van der Waals surface area (Å²) in [5, 5.41) is 14.4. The molecule has 104 valence electrons. The molecule has 0 aliphatic rings. The van der Waals surface area contributed by atoms with E-state index in [0.29, 0.717) is 37.0 Å². The second-order valence-electron chi connectivity index (χ2n) is 4.57. The first kappa shape index (κ1) is 14.9. The van der Waals surface area contributed by atoms with Gasteiger partial charge in [0.2, 0.25) is 5.89 Å². The van der Waals surface area contributed by atoms with Crippen LogP contribution in [0.25, 0.3) is 0 Å². The van der Waals surface area contributed by atoms with Gasteiger partial charge in [0.1, 0.15) is 0 Å². The smallest absolute Gasteiger partial charge is 0.315 e. The lowest BCUT2D eigenvalue weighted by atomic mass is 10.0. The molecule has 0 radical (unpaired) electrons. The maximum Gasteiger partial charge on any atom is 0.315 e. The average Bonchev–Trinajstić information content (AvgIpc) is 2.79. The molecule has 0 saturated carbocycles. The van der Waals surface area contributed by atoms with Crippen LogP contribution in [0.3, 0.4) is 0 Å². The number of hydrogen-bond donors (Lipinski definition) is 2. The van der Waals surface area contributed by atoms with Crippen molar-refractivity contribution in [1.29, 1.82) is 0 Å². The molecule has 0 aliphatic heterocycles. The molecule has 0 spiro atoms. The van der Waals surface area contributed by atoms with Gasteiger partial charge in [0.15, 0.2) is 0 Å². The first-order chi connectivity index (χ1) is 8.67. The van der Waals surface area contributed by atoms with Crippen molar-refractivity contribution >= 4 is 6.01 Å². The predicted molar refractivity (Wildman–Crippen MR) is 70.4 cm³/mol. The number of hydrogen-bond acceptors (Lipinski definition) is 6. The van der Waals surface area contributed by atoms with Crippen LogP contribution in [0.15, 0.2) is 4.42 Å². The van der Waals surface area contributed by atoms with Crippen molar-refractivity contribution in [2.45, 2.75) is 39.8 Å². The van der Waals surface area contributed by atoms with Gasteiger partial charge in [-0.15, -0.1) is 5.10 Å². The molecule has 18 heavy (non-hydrogen) atoms. The summed E-state index contributed by atoms with van der Waals surface area (Å²) in [6.07, 6.45) is 1.03. The number of aromatic nitrogens is 2. The van der Waals surface area contributed by atoms with Gasteiger partial charge in [0, 0.05) is 19.7 Å². The number of anilines is 1. The lowest BCUT2D eigenvalue weighted by molar-refractivity contribution is 0.198. The van der Waals surface area contributed by atoms with E-state index >= 15 is 0 Å². The third kappa shape index (κ3) is 5.01. The summed E-state index contributed by atoms with van der Waals surface area (Å²) in [6.45, 7) is 8.49. The van der Waals surface area contributed by atoms with Crippen LogP contribution in [0, 0.1) is 5.92 Å². The van der Waals surface area contributed by atoms with Gasteiger partial charge in [-0.3, -0.25) is 0 Å². The minimum atomic E-state index is 0.361. The number of ether oxygens (including phenoxy) is 1. The molecule has 0 aromatic carbocycles. The molecule has 0 bridgehead atoms. The Hall–Kier alpha value is -1.14. The highest BCUT2D eigenvalue weighted by atomic mass is 16.5. The standard InChI is InChI=1S/C12H24N4O2/c1-5-10(9(2)3)14-12-16-15-11(18-12)8-13-6-7-17-4/h9-10,13H,5-8H2,1-4H3,(H,14,16). The molecule has 0 fully saturated rings. The van der Waals surface area contributed by atoms with Crippen LogP contribution < -0.4 is 10.6 Å². The third-order valence-corrected chi connectivity index (χ3v) is 2.78. The van der Waals surface area contributed by atoms with Crippen LogP contribution >= 0.6 is 0 Å². The Morgan fingerprint density at radius 1 is 1.33 bits per heavy atom. The largest absolute Gasteiger partial charge is 0.407 e. The molecular formula is C12H24N4O2. The van der Waals surface area contributed by atoms with Crippen molar-refractivity contribution in [3.8, 4) is 0 Å². The fraction of sp³-hybridized carbons (Fsp3) is 0.833. The van der Waals surface area contributed by atoms with Crippen molar-refractivity contribution < 1.29 is 9.15 Å². The molecule has 1 rings (SSSR count). The highest BCUT2D eigenvalue weighted by molar-refractivity contribution is 5.19. The molecule has 1 aromatic heterocycles. The van der Waals surface area contributed by atoms with Gasteiger partial charge in [0.25, 0.3) is 0 Å². The quantitative estimate of drug-likeness (QED) is 0.655. The van der Waals surface area contributed by atoms with Crippen molar-refractivity contribution in [2.75, 3.05) is 25.6 Å². The summed E-state index contributed by atoms with van der Waals surface area (Å²) >= 11 is 0. The zero-order valence-corrected chi connectivity index (χ0v) is 11.7. The Bertz CT molecular complexity index is 328. The van der Waals surface area contributed by atoms with E-state index in [-0.39, 0.29) is 0 Å². The van der Waals surface area contributed by atoms with Gasteiger partial charge in [-0.2, -0.15) is 0 Å². The summed E-state index contributed by atoms with van der Waals surface area (Å²) in [5.74, 6) is 1.12. The molecule has 0 amide bonds. The van der Waals surface area contributed by atoms with E-state index in [1.165, 1.54) is 0 Å². The summed E-state index contributed by atoms with van der Waals surface area (Å²) in [4.78, 5) is 0. The second-order valence-corrected chi connectivity index (χ2v) is 4.57. The zero-order chi connectivity index (χ0) is 13.4. The Morgan fingerprint density at radius 2 is 2.11 bits per heavy atom. The van der Waals surface area contributed by atoms with E-state index in [1.54, 1.807) is 7.11 Å². The number of nitrogens with zero attached hydrogens (tertiary/aromatic N) is 2. The van der Waals surface area contributed by atoms with E-state index < -0.39 is 0 Å². The van der Waals surface area contributed by atoms with Crippen molar-refractivity contribution in [3.05, 3.63) is 5.89 Å². The SMILES string of the molecule is CCC(Nc1nnc(CNCCOC)o1)C(C)C. The first-order valence-electron chi connectivity index (χ1n) is 6.46. The topological polar surface area (TPSA) is 72.2 Å². The summed E-state index contributed by atoms with van der Waals surface area (Å²) in [6, 6.07) is 0.860. The highest BCUT2D eigenvalue weighted by Gasteiger charge is 2.14. The molecule has 0 saturated heterocycles. The van der Waals surface area contributed by atoms with Crippen LogP contribution in [-0.2, 0) is 11.3 Å². The van der Waals surface area contributed by atoms with Crippen molar-refractivity contribution in [1.82, 2.24) is 15.5 Å². The first-order valence-corrected chi connectivity index (χ1v) is 6.46. The van der Waals surface area contributed by atoms with Crippen LogP contribution in [0.4, 0.5) is 6.01 Å². The normalized spacial score (nSPS) is 12.9. The van der Waals surface area contributed by atoms with Gasteiger partial charge in [-0.05, 0) is 12.3 Å². The summed E-state index contributed by atoms with van der Waals surface area (Å²) in [7, 11) is 1.67. The van der Waals surface area contributed by atoms with Crippen LogP contribution in [0.5, 0.6) is 0 Å². The van der Waals surface area contributed by atoms with Gasteiger partial charge in [-0.25, -0.2) is 0 Å². The molecule has 6 nitrogen and oxygen atoms in total. The summed E-state index contributed by atoms with van der Waals surface area (Å²) < 4.78 is 10.4. The zero-order valence-electron chi connectivity index (χ0n) is 11.7. The maximum atomic E-state index is 5.51. The van der Waals surface area contributed by atoms with E-state index in [1.807, 2.05) is 0 Å². The lowest BCUT2D eigenvalue weighted by Gasteiger charge is -2.18. The Labute approximate surface area is 108 Å². The average molecular weight is 256 g/mol. The van der Waals surface area contributed by atoms with E-state index in [4.69, 9.17) is 9.15 Å². The second kappa shape index (κ2) is 8.05.